The Kier molecular flexibility index (Phi) is 5.33. The zero-order chi connectivity index (χ0) is 7.98. The number of carbonyl (C=O) groups is 1. The van der Waals surface area contributed by atoms with Gasteiger partial charge in [-0.15, -0.1) is 0 Å². The predicted octanol–water partition coefficient (Wildman–Crippen LogP) is 2.51. The molecule has 1 rings (SSSR count). The maximum absolute atomic E-state index is 8.56. The van der Waals surface area contributed by atoms with Crippen molar-refractivity contribution in [2.45, 2.75) is 12.2 Å². The van der Waals surface area contributed by atoms with Crippen LogP contribution in [0.4, 0.5) is 4.79 Å². The third kappa shape index (κ3) is 7.71. The summed E-state index contributed by atoms with van der Waals surface area (Å²) in [6, 6.07) is 0. The largest absolute Gasteiger partial charge is 0.503 e. The van der Waals surface area contributed by atoms with E-state index in [0.29, 0.717) is 0 Å². The summed E-state index contributed by atoms with van der Waals surface area (Å²) in [6.45, 7) is 2.20. The van der Waals surface area contributed by atoms with Gasteiger partial charge in [0.1, 0.15) is 0 Å². The van der Waals surface area contributed by atoms with E-state index in [9.17, 15) is 0 Å². The first-order valence-electron chi connectivity index (χ1n) is 2.53. The Morgan fingerprint density at radius 1 is 1.60 bits per heavy atom. The maximum Gasteiger partial charge on any atom is 0.503 e. The lowest BCUT2D eigenvalue weighted by molar-refractivity contribution is 0.137. The molecule has 10 heavy (non-hydrogen) atoms. The predicted molar refractivity (Wildman–Crippen MR) is 44.4 cm³/mol. The minimum atomic E-state index is -1.83. The van der Waals surface area contributed by atoms with E-state index in [-0.39, 0.29) is 0 Å². The van der Waals surface area contributed by atoms with E-state index in [4.69, 9.17) is 15.0 Å². The van der Waals surface area contributed by atoms with Crippen LogP contribution in [-0.4, -0.2) is 21.6 Å². The molecule has 3 nitrogen and oxygen atoms in total. The van der Waals surface area contributed by atoms with Crippen molar-refractivity contribution in [3.63, 3.8) is 0 Å². The van der Waals surface area contributed by atoms with Gasteiger partial charge in [-0.05, 0) is 12.3 Å². The van der Waals surface area contributed by atoms with E-state index in [1.807, 2.05) is 21.6 Å². The van der Waals surface area contributed by atoms with Crippen molar-refractivity contribution in [1.29, 1.82) is 0 Å². The zero-order valence-electron chi connectivity index (χ0n) is 5.35. The van der Waals surface area contributed by atoms with Crippen molar-refractivity contribution in [3.05, 3.63) is 11.5 Å². The standard InChI is InChI=1S/C4H6S2.CH2O3/c1-4-2-3-5-6-4;2-1(3)4/h2-4H,1H3;(H2,2,3,4). The molecule has 0 aromatic rings. The first kappa shape index (κ1) is 9.71. The normalized spacial score (nSPS) is 21.5. The van der Waals surface area contributed by atoms with Gasteiger partial charge in [0.15, 0.2) is 0 Å². The summed E-state index contributed by atoms with van der Waals surface area (Å²) in [5.74, 6) is 0. The number of carboxylic acid groups (broad SMARTS) is 2. The van der Waals surface area contributed by atoms with Gasteiger partial charge in [0, 0.05) is 5.25 Å². The molecule has 0 aromatic carbocycles. The summed E-state index contributed by atoms with van der Waals surface area (Å²) in [7, 11) is 3.72. The first-order chi connectivity index (χ1) is 4.63. The van der Waals surface area contributed by atoms with Gasteiger partial charge in [0.05, 0.1) is 0 Å². The molecule has 1 unspecified atom stereocenters. The van der Waals surface area contributed by atoms with E-state index in [2.05, 4.69) is 18.4 Å². The van der Waals surface area contributed by atoms with E-state index >= 15 is 0 Å². The van der Waals surface area contributed by atoms with Crippen LogP contribution in [0.1, 0.15) is 6.92 Å². The Morgan fingerprint density at radius 3 is 2.20 bits per heavy atom. The van der Waals surface area contributed by atoms with Gasteiger partial charge in [-0.3, -0.25) is 0 Å². The van der Waals surface area contributed by atoms with E-state index in [1.165, 1.54) is 0 Å². The van der Waals surface area contributed by atoms with E-state index in [1.54, 1.807) is 0 Å². The minimum absolute atomic E-state index is 0.745. The summed E-state index contributed by atoms with van der Waals surface area (Å²) in [5.41, 5.74) is 0. The molecule has 0 aromatic heterocycles. The van der Waals surface area contributed by atoms with Gasteiger partial charge in [-0.25, -0.2) is 4.79 Å². The van der Waals surface area contributed by atoms with Gasteiger partial charge in [-0.2, -0.15) is 0 Å². The van der Waals surface area contributed by atoms with Gasteiger partial charge in [0.25, 0.3) is 0 Å². The summed E-state index contributed by atoms with van der Waals surface area (Å²) >= 11 is 0. The molecule has 1 aliphatic heterocycles. The SMILES string of the molecule is CC1C=CSS1.O=C(O)O. The minimum Gasteiger partial charge on any atom is -0.450 e. The maximum atomic E-state index is 8.56. The van der Waals surface area contributed by atoms with E-state index in [0.717, 1.165) is 5.25 Å². The molecule has 0 fully saturated rings. The average Bonchev–Trinajstić information content (AvgIpc) is 2.15. The fraction of sp³-hybridized carbons (Fsp3) is 0.400. The fourth-order valence-electron chi connectivity index (χ4n) is 0.294. The highest BCUT2D eigenvalue weighted by atomic mass is 33.1. The Hall–Kier alpha value is -0.290. The van der Waals surface area contributed by atoms with Crippen molar-refractivity contribution in [2.24, 2.45) is 0 Å². The highest BCUT2D eigenvalue weighted by Gasteiger charge is 2.00. The molecule has 1 aliphatic rings. The summed E-state index contributed by atoms with van der Waals surface area (Å²) < 4.78 is 0. The van der Waals surface area contributed by atoms with Crippen LogP contribution in [0.25, 0.3) is 0 Å². The van der Waals surface area contributed by atoms with Crippen LogP contribution in [0, 0.1) is 0 Å². The molecule has 0 aliphatic carbocycles. The van der Waals surface area contributed by atoms with Crippen LogP contribution in [0.15, 0.2) is 11.5 Å². The molecule has 0 saturated carbocycles. The molecular formula is C5H8O3S2. The Balaban J connectivity index is 0.000000180. The van der Waals surface area contributed by atoms with Crippen molar-refractivity contribution in [1.82, 2.24) is 0 Å². The molecule has 1 atom stereocenters. The monoisotopic (exact) mass is 180 g/mol. The van der Waals surface area contributed by atoms with Crippen LogP contribution >= 0.6 is 21.6 Å². The smallest absolute Gasteiger partial charge is 0.450 e. The third-order valence-electron chi connectivity index (χ3n) is 0.612. The van der Waals surface area contributed by atoms with Crippen LogP contribution in [0.2, 0.25) is 0 Å². The van der Waals surface area contributed by atoms with Crippen LogP contribution in [-0.2, 0) is 0 Å². The summed E-state index contributed by atoms with van der Waals surface area (Å²) in [4.78, 5) is 8.56. The summed E-state index contributed by atoms with van der Waals surface area (Å²) in [5, 5.41) is 16.8. The van der Waals surface area contributed by atoms with Crippen LogP contribution in [0.3, 0.4) is 0 Å². The molecule has 0 amide bonds. The molecule has 0 radical (unpaired) electrons. The fourth-order valence-corrected chi connectivity index (χ4v) is 2.18. The van der Waals surface area contributed by atoms with Crippen molar-refractivity contribution in [2.75, 3.05) is 0 Å². The molecule has 0 bridgehead atoms. The highest BCUT2D eigenvalue weighted by Crippen LogP contribution is 2.34. The lowest BCUT2D eigenvalue weighted by Gasteiger charge is -1.88. The first-order valence-corrected chi connectivity index (χ1v) is 4.81. The number of rotatable bonds is 0. The topological polar surface area (TPSA) is 57.5 Å². The third-order valence-corrected chi connectivity index (χ3v) is 3.03. The van der Waals surface area contributed by atoms with Gasteiger partial charge in [0.2, 0.25) is 0 Å². The lowest BCUT2D eigenvalue weighted by atomic mass is 10.5. The van der Waals surface area contributed by atoms with Crippen molar-refractivity contribution < 1.29 is 15.0 Å². The highest BCUT2D eigenvalue weighted by molar-refractivity contribution is 8.78. The second kappa shape index (κ2) is 5.49. The summed E-state index contributed by atoms with van der Waals surface area (Å²) in [6.07, 6.45) is 0.370. The molecule has 58 valence electrons. The number of hydrogen-bond donors (Lipinski definition) is 2. The van der Waals surface area contributed by atoms with Gasteiger partial charge in [-0.1, -0.05) is 27.7 Å². The molecule has 0 saturated heterocycles. The second-order valence-electron chi connectivity index (χ2n) is 1.51. The molecule has 2 N–H and O–H groups in total. The van der Waals surface area contributed by atoms with Crippen molar-refractivity contribution in [3.8, 4) is 0 Å². The van der Waals surface area contributed by atoms with Crippen LogP contribution in [0.5, 0.6) is 0 Å². The Bertz CT molecular complexity index is 131. The Morgan fingerprint density at radius 2 is 2.10 bits per heavy atom. The van der Waals surface area contributed by atoms with E-state index < -0.39 is 6.16 Å². The Labute approximate surface area is 66.9 Å². The van der Waals surface area contributed by atoms with Crippen molar-refractivity contribution >= 4 is 27.7 Å². The zero-order valence-corrected chi connectivity index (χ0v) is 6.98. The average molecular weight is 180 g/mol. The molecule has 1 heterocycles. The van der Waals surface area contributed by atoms with Gasteiger partial charge < -0.3 is 10.2 Å². The molecular weight excluding hydrogens is 172 g/mol. The van der Waals surface area contributed by atoms with Crippen LogP contribution < -0.4 is 0 Å². The molecule has 0 spiro atoms. The van der Waals surface area contributed by atoms with Gasteiger partial charge >= 0.3 is 6.16 Å². The quantitative estimate of drug-likeness (QED) is 0.561. The number of hydrogen-bond acceptors (Lipinski definition) is 3. The lowest BCUT2D eigenvalue weighted by Crippen LogP contribution is -1.81. The molecule has 5 heteroatoms. The second-order valence-corrected chi connectivity index (χ2v) is 4.06.